The van der Waals surface area contributed by atoms with E-state index < -0.39 is 18.4 Å². The van der Waals surface area contributed by atoms with Gasteiger partial charge in [-0.25, -0.2) is 4.79 Å². The molecular weight excluding hydrogens is 682 g/mol. The largest absolute Gasteiger partial charge is 0.477 e. The lowest BCUT2D eigenvalue weighted by molar-refractivity contribution is -0.870. The Morgan fingerprint density at radius 2 is 0.833 bits per heavy atom. The molecule has 0 heterocycles. The lowest BCUT2D eigenvalue weighted by Crippen LogP contribution is -2.40. The minimum absolute atomic E-state index is 0.174. The van der Waals surface area contributed by atoms with Gasteiger partial charge in [-0.1, -0.05) is 187 Å². The van der Waals surface area contributed by atoms with Crippen LogP contribution in [0.5, 0.6) is 0 Å². The molecule has 0 fully saturated rings. The highest BCUT2D eigenvalue weighted by atomic mass is 16.7. The first-order valence-corrected chi connectivity index (χ1v) is 22.7. The number of nitrogens with zero attached hydrogens (tertiary/aromatic N) is 1. The molecule has 0 aliphatic rings. The van der Waals surface area contributed by atoms with Crippen molar-refractivity contribution < 1.29 is 42.9 Å². The summed E-state index contributed by atoms with van der Waals surface area (Å²) in [5.41, 5.74) is 0. The maximum absolute atomic E-state index is 12.7. The highest BCUT2D eigenvalue weighted by Gasteiger charge is 2.25. The SMILES string of the molecule is CCCCCCCCCCCCCCCCCCCCC(=O)OC(COC(=O)CCCCCCCCCCCCC)COC(OCC[N+](C)(C)C)C(=O)O. The maximum Gasteiger partial charge on any atom is 0.361 e. The third-order valence-electron chi connectivity index (χ3n) is 10.1. The van der Waals surface area contributed by atoms with Crippen molar-refractivity contribution in [1.82, 2.24) is 0 Å². The van der Waals surface area contributed by atoms with Crippen molar-refractivity contribution in [1.29, 1.82) is 0 Å². The molecule has 0 aromatic rings. The number of hydrogen-bond donors (Lipinski definition) is 1. The van der Waals surface area contributed by atoms with Crippen LogP contribution in [0.15, 0.2) is 0 Å². The number of aliphatic carboxylic acids is 1. The molecule has 0 saturated carbocycles. The van der Waals surface area contributed by atoms with Crippen LogP contribution in [-0.4, -0.2) is 87.4 Å². The summed E-state index contributed by atoms with van der Waals surface area (Å²) < 4.78 is 22.7. The summed E-state index contributed by atoms with van der Waals surface area (Å²) in [6.45, 7) is 4.89. The van der Waals surface area contributed by atoms with Crippen molar-refractivity contribution in [3.05, 3.63) is 0 Å². The molecule has 0 aliphatic heterocycles. The van der Waals surface area contributed by atoms with E-state index in [0.29, 0.717) is 17.4 Å². The Morgan fingerprint density at radius 1 is 0.481 bits per heavy atom. The molecule has 0 amide bonds. The van der Waals surface area contributed by atoms with Gasteiger partial charge in [0.1, 0.15) is 13.2 Å². The minimum atomic E-state index is -1.50. The van der Waals surface area contributed by atoms with Crippen LogP contribution in [0, 0.1) is 0 Å². The Hall–Kier alpha value is -1.71. The number of carbonyl (C=O) groups is 3. The van der Waals surface area contributed by atoms with Gasteiger partial charge in [0.15, 0.2) is 6.10 Å². The quantitative estimate of drug-likeness (QED) is 0.0283. The van der Waals surface area contributed by atoms with E-state index in [9.17, 15) is 19.5 Å². The molecule has 0 aromatic heterocycles. The van der Waals surface area contributed by atoms with E-state index >= 15 is 0 Å². The van der Waals surface area contributed by atoms with Gasteiger partial charge in [-0.3, -0.25) is 9.59 Å². The molecule has 9 nitrogen and oxygen atoms in total. The molecule has 1 N–H and O–H groups in total. The van der Waals surface area contributed by atoms with E-state index in [-0.39, 0.29) is 38.2 Å². The third-order valence-corrected chi connectivity index (χ3v) is 10.1. The average Bonchev–Trinajstić information content (AvgIpc) is 3.12. The van der Waals surface area contributed by atoms with E-state index in [0.717, 1.165) is 38.5 Å². The van der Waals surface area contributed by atoms with E-state index in [2.05, 4.69) is 13.8 Å². The molecule has 320 valence electrons. The number of rotatable bonds is 42. The Bertz CT molecular complexity index is 861. The van der Waals surface area contributed by atoms with Crippen molar-refractivity contribution >= 4 is 17.9 Å². The molecule has 2 unspecified atom stereocenters. The normalized spacial score (nSPS) is 12.8. The number of carbonyl (C=O) groups excluding carboxylic acids is 2. The molecular formula is C45H88NO8+. The number of hydrogen-bond acceptors (Lipinski definition) is 7. The van der Waals surface area contributed by atoms with Gasteiger partial charge in [-0.15, -0.1) is 0 Å². The maximum atomic E-state index is 12.7. The van der Waals surface area contributed by atoms with Crippen LogP contribution in [-0.2, 0) is 33.3 Å². The fourth-order valence-electron chi connectivity index (χ4n) is 6.54. The van der Waals surface area contributed by atoms with Gasteiger partial charge in [-0.05, 0) is 12.8 Å². The molecule has 0 aromatic carbocycles. The van der Waals surface area contributed by atoms with Gasteiger partial charge in [0.25, 0.3) is 6.29 Å². The van der Waals surface area contributed by atoms with E-state index in [1.165, 1.54) is 148 Å². The van der Waals surface area contributed by atoms with Crippen LogP contribution in [0.4, 0.5) is 0 Å². The fourth-order valence-corrected chi connectivity index (χ4v) is 6.54. The Morgan fingerprint density at radius 3 is 1.19 bits per heavy atom. The van der Waals surface area contributed by atoms with Gasteiger partial charge < -0.3 is 28.5 Å². The summed E-state index contributed by atoms with van der Waals surface area (Å²) in [6, 6.07) is 0. The summed E-state index contributed by atoms with van der Waals surface area (Å²) in [4.78, 5) is 37.0. The van der Waals surface area contributed by atoms with Crippen molar-refractivity contribution in [2.75, 3.05) is 47.5 Å². The summed E-state index contributed by atoms with van der Waals surface area (Å²) in [5.74, 6) is -1.99. The number of ether oxygens (including phenoxy) is 4. The minimum Gasteiger partial charge on any atom is -0.477 e. The van der Waals surface area contributed by atoms with Gasteiger partial charge >= 0.3 is 17.9 Å². The molecule has 0 rings (SSSR count). The summed E-state index contributed by atoms with van der Waals surface area (Å²) in [7, 11) is 5.96. The standard InChI is InChI=1S/C45H87NO8/c1-6-8-10-12-14-16-18-19-20-21-22-23-24-26-28-30-32-34-36-43(48)54-41(40-53-45(44(49)50)51-38-37-46(3,4)5)39-52-42(47)35-33-31-29-27-25-17-15-13-11-9-7-2/h41,45H,6-40H2,1-5H3/p+1. The highest BCUT2D eigenvalue weighted by molar-refractivity contribution is 5.71. The lowest BCUT2D eigenvalue weighted by Gasteiger charge is -2.25. The molecule has 2 atom stereocenters. The van der Waals surface area contributed by atoms with Crippen LogP contribution in [0.1, 0.15) is 213 Å². The second-order valence-electron chi connectivity index (χ2n) is 16.7. The van der Waals surface area contributed by atoms with Gasteiger partial charge in [-0.2, -0.15) is 0 Å². The van der Waals surface area contributed by atoms with E-state index in [4.69, 9.17) is 18.9 Å². The highest BCUT2D eigenvalue weighted by Crippen LogP contribution is 2.16. The predicted octanol–water partition coefficient (Wildman–Crippen LogP) is 11.7. The second kappa shape index (κ2) is 38.2. The second-order valence-corrected chi connectivity index (χ2v) is 16.7. The summed E-state index contributed by atoms with van der Waals surface area (Å²) in [6.07, 6.45) is 34.4. The topological polar surface area (TPSA) is 108 Å². The zero-order valence-electron chi connectivity index (χ0n) is 36.2. The molecule has 0 saturated heterocycles. The number of unbranched alkanes of at least 4 members (excludes halogenated alkanes) is 27. The first kappa shape index (κ1) is 52.3. The van der Waals surface area contributed by atoms with Crippen molar-refractivity contribution in [3.63, 3.8) is 0 Å². The lowest BCUT2D eigenvalue weighted by atomic mass is 10.0. The molecule has 0 bridgehead atoms. The smallest absolute Gasteiger partial charge is 0.361 e. The Labute approximate surface area is 332 Å². The van der Waals surface area contributed by atoms with Crippen LogP contribution in [0.2, 0.25) is 0 Å². The Kier molecular flexibility index (Phi) is 37.0. The van der Waals surface area contributed by atoms with Crippen LogP contribution in [0.3, 0.4) is 0 Å². The van der Waals surface area contributed by atoms with E-state index in [1.807, 2.05) is 21.1 Å². The van der Waals surface area contributed by atoms with Gasteiger partial charge in [0.05, 0.1) is 34.4 Å². The van der Waals surface area contributed by atoms with Crippen LogP contribution < -0.4 is 0 Å². The molecule has 0 radical (unpaired) electrons. The monoisotopic (exact) mass is 771 g/mol. The van der Waals surface area contributed by atoms with Crippen molar-refractivity contribution in [3.8, 4) is 0 Å². The Balaban J connectivity index is 4.36. The van der Waals surface area contributed by atoms with Crippen LogP contribution in [0.25, 0.3) is 0 Å². The zero-order chi connectivity index (χ0) is 40.0. The third kappa shape index (κ3) is 38.6. The number of carboxylic acid groups (broad SMARTS) is 1. The first-order valence-electron chi connectivity index (χ1n) is 22.7. The average molecular weight is 771 g/mol. The van der Waals surface area contributed by atoms with Crippen molar-refractivity contribution in [2.24, 2.45) is 0 Å². The summed E-state index contributed by atoms with van der Waals surface area (Å²) in [5, 5.41) is 9.62. The van der Waals surface area contributed by atoms with E-state index in [1.54, 1.807) is 0 Å². The van der Waals surface area contributed by atoms with Crippen LogP contribution >= 0.6 is 0 Å². The zero-order valence-corrected chi connectivity index (χ0v) is 36.2. The number of quaternary nitrogens is 1. The van der Waals surface area contributed by atoms with Crippen molar-refractivity contribution in [2.45, 2.75) is 225 Å². The number of carboxylic acids is 1. The molecule has 0 aliphatic carbocycles. The number of esters is 2. The fraction of sp³-hybridized carbons (Fsp3) is 0.933. The summed E-state index contributed by atoms with van der Waals surface area (Å²) >= 11 is 0. The molecule has 9 heteroatoms. The molecule has 0 spiro atoms. The predicted molar refractivity (Wildman–Crippen MR) is 222 cm³/mol. The first-order chi connectivity index (χ1) is 26.1. The molecule has 54 heavy (non-hydrogen) atoms. The number of likely N-dealkylation sites (N-methyl/N-ethyl adjacent to an activating group) is 1. The van der Waals surface area contributed by atoms with Gasteiger partial charge in [0, 0.05) is 12.8 Å². The van der Waals surface area contributed by atoms with Gasteiger partial charge in [0.2, 0.25) is 0 Å².